The third-order valence-corrected chi connectivity index (χ3v) is 3.67. The minimum absolute atomic E-state index is 0.193. The Labute approximate surface area is 127 Å². The maximum Gasteiger partial charge on any atom is 0.281 e. The molecule has 0 aliphatic rings. The molecule has 1 amide bonds. The van der Waals surface area contributed by atoms with Crippen LogP contribution in [0.3, 0.4) is 0 Å². The van der Waals surface area contributed by atoms with Crippen molar-refractivity contribution >= 4 is 17.4 Å². The number of nitrogens with one attached hydrogen (secondary N) is 1. The Morgan fingerprint density at radius 3 is 2.67 bits per heavy atom. The highest BCUT2D eigenvalue weighted by Crippen LogP contribution is 2.27. The lowest BCUT2D eigenvalue weighted by molar-refractivity contribution is 0.0953. The number of aryl methyl sites for hydroxylation is 1. The number of benzene rings is 1. The molecule has 112 valence electrons. The molecule has 1 aromatic carbocycles. The summed E-state index contributed by atoms with van der Waals surface area (Å²) in [6, 6.07) is 5.70. The van der Waals surface area contributed by atoms with Crippen LogP contribution in [0.4, 0.5) is 0 Å². The Morgan fingerprint density at radius 1 is 1.29 bits per heavy atom. The van der Waals surface area contributed by atoms with Crippen molar-refractivity contribution in [2.45, 2.75) is 13.3 Å². The SMILES string of the molecule is COc1ccc(CCNC(=O)c2nc(C)ns2)cc1OC. The summed E-state index contributed by atoms with van der Waals surface area (Å²) in [5, 5.41) is 3.21. The first-order valence-electron chi connectivity index (χ1n) is 6.43. The van der Waals surface area contributed by atoms with Crippen LogP contribution in [0, 0.1) is 6.92 Å². The highest BCUT2D eigenvalue weighted by Gasteiger charge is 2.10. The van der Waals surface area contributed by atoms with Gasteiger partial charge in [-0.15, -0.1) is 0 Å². The monoisotopic (exact) mass is 307 g/mol. The number of carbonyl (C=O) groups excluding carboxylic acids is 1. The van der Waals surface area contributed by atoms with Gasteiger partial charge in [-0.1, -0.05) is 6.07 Å². The molecular weight excluding hydrogens is 290 g/mol. The maximum absolute atomic E-state index is 11.8. The molecule has 0 fully saturated rings. The molecule has 6 nitrogen and oxygen atoms in total. The number of hydrogen-bond acceptors (Lipinski definition) is 6. The molecular formula is C14H17N3O3S. The van der Waals surface area contributed by atoms with E-state index in [4.69, 9.17) is 9.47 Å². The zero-order valence-corrected chi connectivity index (χ0v) is 13.0. The Hall–Kier alpha value is -2.15. The fraction of sp³-hybridized carbons (Fsp3) is 0.357. The van der Waals surface area contributed by atoms with E-state index in [0.29, 0.717) is 35.3 Å². The Bertz CT molecular complexity index is 628. The van der Waals surface area contributed by atoms with Crippen molar-refractivity contribution < 1.29 is 14.3 Å². The van der Waals surface area contributed by atoms with Gasteiger partial charge < -0.3 is 14.8 Å². The molecule has 7 heteroatoms. The summed E-state index contributed by atoms with van der Waals surface area (Å²) in [6.07, 6.45) is 0.698. The zero-order valence-electron chi connectivity index (χ0n) is 12.2. The van der Waals surface area contributed by atoms with E-state index in [1.807, 2.05) is 18.2 Å². The summed E-state index contributed by atoms with van der Waals surface area (Å²) >= 11 is 1.11. The highest BCUT2D eigenvalue weighted by atomic mass is 32.1. The number of methoxy groups -OCH3 is 2. The molecule has 21 heavy (non-hydrogen) atoms. The number of carbonyl (C=O) groups is 1. The molecule has 0 unspecified atom stereocenters. The van der Waals surface area contributed by atoms with Crippen molar-refractivity contribution in [1.29, 1.82) is 0 Å². The van der Waals surface area contributed by atoms with Crippen LogP contribution in [0.15, 0.2) is 18.2 Å². The summed E-state index contributed by atoms with van der Waals surface area (Å²) in [6.45, 7) is 2.28. The van der Waals surface area contributed by atoms with Crippen molar-refractivity contribution in [2.24, 2.45) is 0 Å². The largest absolute Gasteiger partial charge is 0.493 e. The van der Waals surface area contributed by atoms with Gasteiger partial charge >= 0.3 is 0 Å². The van der Waals surface area contributed by atoms with E-state index in [1.54, 1.807) is 21.1 Å². The van der Waals surface area contributed by atoms with Gasteiger partial charge in [-0.25, -0.2) is 4.98 Å². The molecule has 0 spiro atoms. The summed E-state index contributed by atoms with van der Waals surface area (Å²) in [4.78, 5) is 15.9. The van der Waals surface area contributed by atoms with Crippen LogP contribution in [-0.4, -0.2) is 36.0 Å². The molecule has 0 saturated carbocycles. The van der Waals surface area contributed by atoms with Gasteiger partial charge in [0, 0.05) is 6.54 Å². The standard InChI is InChI=1S/C14H17N3O3S/c1-9-16-14(21-17-9)13(18)15-7-6-10-4-5-11(19-2)12(8-10)20-3/h4-5,8H,6-7H2,1-3H3,(H,15,18). The Kier molecular flexibility index (Phi) is 5.10. The van der Waals surface area contributed by atoms with Crippen molar-refractivity contribution in [2.75, 3.05) is 20.8 Å². The average Bonchev–Trinajstić information content (AvgIpc) is 2.93. The molecule has 0 saturated heterocycles. The van der Waals surface area contributed by atoms with Gasteiger partial charge in [0.25, 0.3) is 5.91 Å². The lowest BCUT2D eigenvalue weighted by Gasteiger charge is -2.09. The lowest BCUT2D eigenvalue weighted by atomic mass is 10.1. The smallest absolute Gasteiger partial charge is 0.281 e. The molecule has 2 rings (SSSR count). The average molecular weight is 307 g/mol. The van der Waals surface area contributed by atoms with E-state index < -0.39 is 0 Å². The fourth-order valence-corrected chi connectivity index (χ4v) is 2.41. The minimum Gasteiger partial charge on any atom is -0.493 e. The minimum atomic E-state index is -0.193. The molecule has 1 heterocycles. The van der Waals surface area contributed by atoms with Gasteiger partial charge in [-0.05, 0) is 42.6 Å². The molecule has 1 N–H and O–H groups in total. The van der Waals surface area contributed by atoms with Gasteiger partial charge in [0.2, 0.25) is 5.01 Å². The number of nitrogens with zero attached hydrogens (tertiary/aromatic N) is 2. The van der Waals surface area contributed by atoms with Crippen LogP contribution in [0.1, 0.15) is 21.2 Å². The molecule has 2 aromatic rings. The highest BCUT2D eigenvalue weighted by molar-refractivity contribution is 7.07. The second kappa shape index (κ2) is 7.03. The van der Waals surface area contributed by atoms with Crippen LogP contribution in [0.2, 0.25) is 0 Å². The van der Waals surface area contributed by atoms with Crippen molar-refractivity contribution in [3.8, 4) is 11.5 Å². The molecule has 0 aliphatic heterocycles. The number of amides is 1. The summed E-state index contributed by atoms with van der Waals surface area (Å²) in [5.41, 5.74) is 1.06. The van der Waals surface area contributed by atoms with Gasteiger partial charge in [0.15, 0.2) is 11.5 Å². The Morgan fingerprint density at radius 2 is 2.05 bits per heavy atom. The van der Waals surface area contributed by atoms with Crippen molar-refractivity contribution in [3.63, 3.8) is 0 Å². The maximum atomic E-state index is 11.8. The summed E-state index contributed by atoms with van der Waals surface area (Å²) in [5.74, 6) is 1.79. The van der Waals surface area contributed by atoms with Gasteiger partial charge in [-0.3, -0.25) is 4.79 Å². The van der Waals surface area contributed by atoms with Crippen LogP contribution in [-0.2, 0) is 6.42 Å². The lowest BCUT2D eigenvalue weighted by Crippen LogP contribution is -2.25. The first kappa shape index (κ1) is 15.2. The first-order valence-corrected chi connectivity index (χ1v) is 7.20. The van der Waals surface area contributed by atoms with Crippen LogP contribution in [0.25, 0.3) is 0 Å². The summed E-state index contributed by atoms with van der Waals surface area (Å²) < 4.78 is 14.4. The number of rotatable bonds is 6. The topological polar surface area (TPSA) is 73.3 Å². The second-order valence-electron chi connectivity index (χ2n) is 4.34. The van der Waals surface area contributed by atoms with Gasteiger partial charge in [-0.2, -0.15) is 4.37 Å². The number of ether oxygens (including phenoxy) is 2. The van der Waals surface area contributed by atoms with E-state index in [9.17, 15) is 4.79 Å². The van der Waals surface area contributed by atoms with E-state index in [2.05, 4.69) is 14.7 Å². The number of aromatic nitrogens is 2. The van der Waals surface area contributed by atoms with Crippen LogP contribution in [0.5, 0.6) is 11.5 Å². The zero-order chi connectivity index (χ0) is 15.2. The van der Waals surface area contributed by atoms with Gasteiger partial charge in [0.1, 0.15) is 5.82 Å². The molecule has 0 atom stereocenters. The fourth-order valence-electron chi connectivity index (χ4n) is 1.82. The Balaban J connectivity index is 1.90. The molecule has 0 bridgehead atoms. The normalized spacial score (nSPS) is 10.2. The van der Waals surface area contributed by atoms with E-state index >= 15 is 0 Å². The predicted molar refractivity (Wildman–Crippen MR) is 80.2 cm³/mol. The first-order chi connectivity index (χ1) is 10.1. The third-order valence-electron chi connectivity index (χ3n) is 2.87. The van der Waals surface area contributed by atoms with E-state index in [-0.39, 0.29) is 5.91 Å². The van der Waals surface area contributed by atoms with Crippen LogP contribution >= 0.6 is 11.5 Å². The van der Waals surface area contributed by atoms with Crippen LogP contribution < -0.4 is 14.8 Å². The molecule has 0 aliphatic carbocycles. The molecule has 0 radical (unpaired) electrons. The predicted octanol–water partition coefficient (Wildman–Crippen LogP) is 1.84. The third kappa shape index (κ3) is 3.91. The van der Waals surface area contributed by atoms with Crippen molar-refractivity contribution in [1.82, 2.24) is 14.7 Å². The molecule has 1 aromatic heterocycles. The van der Waals surface area contributed by atoms with Crippen molar-refractivity contribution in [3.05, 3.63) is 34.6 Å². The van der Waals surface area contributed by atoms with Gasteiger partial charge in [0.05, 0.1) is 14.2 Å². The summed E-state index contributed by atoms with van der Waals surface area (Å²) in [7, 11) is 3.20. The quantitative estimate of drug-likeness (QED) is 0.881. The van der Waals surface area contributed by atoms with E-state index in [0.717, 1.165) is 17.1 Å². The number of hydrogen-bond donors (Lipinski definition) is 1. The second-order valence-corrected chi connectivity index (χ2v) is 5.09. The van der Waals surface area contributed by atoms with E-state index in [1.165, 1.54) is 0 Å².